The van der Waals surface area contributed by atoms with Crippen molar-refractivity contribution in [3.05, 3.63) is 64.7 Å². The Kier molecular flexibility index (Phi) is 3.98. The Balaban J connectivity index is 2.22. The molecule has 0 saturated carbocycles. The molecule has 2 aromatic rings. The summed E-state index contributed by atoms with van der Waals surface area (Å²) < 4.78 is 32.4. The van der Waals surface area contributed by atoms with E-state index in [0.29, 0.717) is 0 Å². The highest BCUT2D eigenvalue weighted by molar-refractivity contribution is 5.95. The predicted molar refractivity (Wildman–Crippen MR) is 70.4 cm³/mol. The molecule has 0 radical (unpaired) electrons. The van der Waals surface area contributed by atoms with Crippen molar-refractivity contribution < 1.29 is 18.3 Å². The second-order valence-corrected chi connectivity index (χ2v) is 4.29. The van der Waals surface area contributed by atoms with Crippen LogP contribution in [0.3, 0.4) is 0 Å². The fraction of sp³-hybridized carbons (Fsp3) is 0.133. The largest absolute Gasteiger partial charge is 0.488 e. The number of benzene rings is 2. The van der Waals surface area contributed by atoms with E-state index in [1.165, 1.54) is 25.1 Å². The molecular weight excluding hydrogens is 264 g/mol. The van der Waals surface area contributed by atoms with Crippen LogP contribution in [0.2, 0.25) is 0 Å². The van der Waals surface area contributed by atoms with Gasteiger partial charge in [-0.2, -0.15) is 0 Å². The van der Waals surface area contributed by atoms with E-state index in [9.17, 15) is 13.6 Å². The fourth-order valence-corrected chi connectivity index (χ4v) is 1.78. The predicted octanol–water partition coefficient (Wildman–Crippen LogP) is 2.95. The molecule has 2 N–H and O–H groups in total. The molecule has 0 aliphatic rings. The Bertz CT molecular complexity index is 656. The number of nitrogens with two attached hydrogens (primary N) is 1. The number of carbonyl (C=O) groups is 1. The number of rotatable bonds is 4. The Hall–Kier alpha value is -2.43. The van der Waals surface area contributed by atoms with E-state index in [0.717, 1.165) is 0 Å². The van der Waals surface area contributed by atoms with Gasteiger partial charge in [0, 0.05) is 11.1 Å². The minimum Gasteiger partial charge on any atom is -0.488 e. The zero-order valence-electron chi connectivity index (χ0n) is 10.8. The molecule has 0 bridgehead atoms. The van der Waals surface area contributed by atoms with Crippen molar-refractivity contribution in [3.8, 4) is 5.75 Å². The van der Waals surface area contributed by atoms with Gasteiger partial charge in [0.25, 0.3) is 5.91 Å². The minimum atomic E-state index is -0.651. The van der Waals surface area contributed by atoms with Crippen LogP contribution in [0, 0.1) is 18.6 Å². The van der Waals surface area contributed by atoms with Gasteiger partial charge in [-0.05, 0) is 31.2 Å². The first-order chi connectivity index (χ1) is 9.50. The highest BCUT2D eigenvalue weighted by Gasteiger charge is 2.12. The van der Waals surface area contributed by atoms with Gasteiger partial charge in [0.05, 0.1) is 5.56 Å². The molecule has 104 valence electrons. The second kappa shape index (κ2) is 5.69. The van der Waals surface area contributed by atoms with Crippen molar-refractivity contribution in [2.24, 2.45) is 5.73 Å². The third-order valence-electron chi connectivity index (χ3n) is 2.94. The summed E-state index contributed by atoms with van der Waals surface area (Å²) >= 11 is 0. The highest BCUT2D eigenvalue weighted by atomic mass is 19.1. The third-order valence-corrected chi connectivity index (χ3v) is 2.94. The maximum absolute atomic E-state index is 13.8. The van der Waals surface area contributed by atoms with Gasteiger partial charge in [0.15, 0.2) is 0 Å². The first kappa shape index (κ1) is 14.0. The summed E-state index contributed by atoms with van der Waals surface area (Å²) in [6.45, 7) is 1.24. The van der Waals surface area contributed by atoms with E-state index < -0.39 is 17.5 Å². The fourth-order valence-electron chi connectivity index (χ4n) is 1.78. The van der Waals surface area contributed by atoms with Crippen molar-refractivity contribution >= 4 is 5.91 Å². The molecule has 0 fully saturated rings. The van der Waals surface area contributed by atoms with Gasteiger partial charge in [-0.3, -0.25) is 4.79 Å². The Morgan fingerprint density at radius 3 is 2.60 bits per heavy atom. The summed E-state index contributed by atoms with van der Waals surface area (Å²) in [5.41, 5.74) is 5.58. The number of amides is 1. The summed E-state index contributed by atoms with van der Waals surface area (Å²) in [5.74, 6) is -1.62. The zero-order chi connectivity index (χ0) is 14.7. The van der Waals surface area contributed by atoms with Crippen LogP contribution in [0.5, 0.6) is 5.75 Å². The molecule has 0 spiro atoms. The van der Waals surface area contributed by atoms with E-state index in [4.69, 9.17) is 10.5 Å². The van der Waals surface area contributed by atoms with E-state index in [-0.39, 0.29) is 29.0 Å². The number of para-hydroxylation sites is 1. The Morgan fingerprint density at radius 2 is 1.90 bits per heavy atom. The van der Waals surface area contributed by atoms with Crippen molar-refractivity contribution in [1.29, 1.82) is 0 Å². The Morgan fingerprint density at radius 1 is 1.20 bits per heavy atom. The standard InChI is InChI=1S/C15H13F2NO2/c1-9-12(16)7-6-10(14(9)17)8-20-13-5-3-2-4-11(13)15(18)19/h2-7H,8H2,1H3,(H2,18,19). The van der Waals surface area contributed by atoms with E-state index >= 15 is 0 Å². The molecule has 20 heavy (non-hydrogen) atoms. The lowest BCUT2D eigenvalue weighted by atomic mass is 10.1. The van der Waals surface area contributed by atoms with Crippen LogP contribution >= 0.6 is 0 Å². The zero-order valence-corrected chi connectivity index (χ0v) is 10.8. The quantitative estimate of drug-likeness (QED) is 0.934. The number of carbonyl (C=O) groups excluding carboxylic acids is 1. The smallest absolute Gasteiger partial charge is 0.252 e. The van der Waals surface area contributed by atoms with Crippen molar-refractivity contribution in [2.75, 3.05) is 0 Å². The molecule has 0 aromatic heterocycles. The number of hydrogen-bond donors (Lipinski definition) is 1. The normalized spacial score (nSPS) is 10.3. The summed E-state index contributed by atoms with van der Waals surface area (Å²) in [5, 5.41) is 0. The lowest BCUT2D eigenvalue weighted by Crippen LogP contribution is -2.13. The van der Waals surface area contributed by atoms with Gasteiger partial charge in [-0.15, -0.1) is 0 Å². The van der Waals surface area contributed by atoms with Crippen LogP contribution in [-0.4, -0.2) is 5.91 Å². The third kappa shape index (κ3) is 2.77. The lowest BCUT2D eigenvalue weighted by Gasteiger charge is -2.11. The molecule has 0 aliphatic carbocycles. The Labute approximate surface area is 115 Å². The highest BCUT2D eigenvalue weighted by Crippen LogP contribution is 2.21. The topological polar surface area (TPSA) is 52.3 Å². The molecule has 0 heterocycles. The van der Waals surface area contributed by atoms with Gasteiger partial charge in [-0.25, -0.2) is 8.78 Å². The lowest BCUT2D eigenvalue weighted by molar-refractivity contribution is 0.0996. The molecule has 2 rings (SSSR count). The number of primary amides is 1. The maximum atomic E-state index is 13.8. The summed E-state index contributed by atoms with van der Waals surface area (Å²) in [6, 6.07) is 8.89. The van der Waals surface area contributed by atoms with Crippen LogP contribution in [0.1, 0.15) is 21.5 Å². The van der Waals surface area contributed by atoms with Crippen LogP contribution in [0.4, 0.5) is 8.78 Å². The summed E-state index contributed by atoms with van der Waals surface area (Å²) in [7, 11) is 0. The minimum absolute atomic E-state index is 0.0608. The molecule has 2 aromatic carbocycles. The van der Waals surface area contributed by atoms with Crippen molar-refractivity contribution in [2.45, 2.75) is 13.5 Å². The molecular formula is C15H13F2NO2. The molecule has 0 atom stereocenters. The van der Waals surface area contributed by atoms with Gasteiger partial charge < -0.3 is 10.5 Å². The molecule has 0 aliphatic heterocycles. The number of halogens is 2. The number of hydrogen-bond acceptors (Lipinski definition) is 2. The molecule has 5 heteroatoms. The van der Waals surface area contributed by atoms with Crippen molar-refractivity contribution in [3.63, 3.8) is 0 Å². The van der Waals surface area contributed by atoms with Gasteiger partial charge in [-0.1, -0.05) is 12.1 Å². The van der Waals surface area contributed by atoms with Gasteiger partial charge in [0.2, 0.25) is 0 Å². The maximum Gasteiger partial charge on any atom is 0.252 e. The summed E-state index contributed by atoms with van der Waals surface area (Å²) in [4.78, 5) is 11.2. The van der Waals surface area contributed by atoms with Crippen LogP contribution in [-0.2, 0) is 6.61 Å². The van der Waals surface area contributed by atoms with E-state index in [2.05, 4.69) is 0 Å². The average Bonchev–Trinajstić information content (AvgIpc) is 2.44. The first-order valence-corrected chi connectivity index (χ1v) is 5.96. The molecule has 0 saturated heterocycles. The van der Waals surface area contributed by atoms with Gasteiger partial charge in [0.1, 0.15) is 24.0 Å². The molecule has 0 unspecified atom stereocenters. The molecule has 3 nitrogen and oxygen atoms in total. The van der Waals surface area contributed by atoms with Crippen LogP contribution < -0.4 is 10.5 Å². The summed E-state index contributed by atoms with van der Waals surface area (Å²) in [6.07, 6.45) is 0. The van der Waals surface area contributed by atoms with Gasteiger partial charge >= 0.3 is 0 Å². The SMILES string of the molecule is Cc1c(F)ccc(COc2ccccc2C(N)=O)c1F. The van der Waals surface area contributed by atoms with Crippen LogP contribution in [0.15, 0.2) is 36.4 Å². The molecule has 1 amide bonds. The first-order valence-electron chi connectivity index (χ1n) is 5.96. The second-order valence-electron chi connectivity index (χ2n) is 4.29. The monoisotopic (exact) mass is 277 g/mol. The average molecular weight is 277 g/mol. The van der Waals surface area contributed by atoms with E-state index in [1.54, 1.807) is 18.2 Å². The number of ether oxygens (including phenoxy) is 1. The van der Waals surface area contributed by atoms with Crippen molar-refractivity contribution in [1.82, 2.24) is 0 Å². The van der Waals surface area contributed by atoms with E-state index in [1.807, 2.05) is 0 Å². The van der Waals surface area contributed by atoms with Crippen LogP contribution in [0.25, 0.3) is 0 Å².